The maximum absolute atomic E-state index is 13.0. The molecule has 0 radical (unpaired) electrons. The Kier molecular flexibility index (Phi) is 8.63. The van der Waals surface area contributed by atoms with Crippen molar-refractivity contribution in [2.75, 3.05) is 18.4 Å². The van der Waals surface area contributed by atoms with Crippen LogP contribution in [0.2, 0.25) is 5.02 Å². The van der Waals surface area contributed by atoms with Gasteiger partial charge in [0.1, 0.15) is 0 Å². The normalized spacial score (nSPS) is 15.6. The zero-order valence-electron chi connectivity index (χ0n) is 20.6. The average molecular weight is 540 g/mol. The van der Waals surface area contributed by atoms with Gasteiger partial charge in [-0.3, -0.25) is 9.59 Å². The molecule has 0 spiro atoms. The van der Waals surface area contributed by atoms with Crippen LogP contribution >= 0.6 is 11.6 Å². The van der Waals surface area contributed by atoms with E-state index in [2.05, 4.69) is 10.6 Å². The van der Waals surface area contributed by atoms with Crippen molar-refractivity contribution in [2.24, 2.45) is 5.92 Å². The second kappa shape index (κ2) is 11.9. The molecular formula is C28H30ClN3O4S. The topological polar surface area (TPSA) is 95.6 Å². The lowest BCUT2D eigenvalue weighted by Crippen LogP contribution is -2.42. The molecule has 1 saturated heterocycles. The van der Waals surface area contributed by atoms with Crippen molar-refractivity contribution < 1.29 is 18.0 Å². The largest absolute Gasteiger partial charge is 0.345 e. The number of rotatable bonds is 8. The Bertz CT molecular complexity index is 1360. The standard InChI is InChI=1S/C28H30ClN3O4S/c1-20(22-9-3-2-4-10-22)30-28(34)25-12-5-6-13-26(25)31-27(33)23-14-16-32(17-15-23)37(35,36)19-21-8-7-11-24(29)18-21/h2-13,18,20,23H,14-17,19H2,1H3,(H,30,34)(H,31,33)/t20-/m1/s1. The minimum absolute atomic E-state index is 0.131. The number of hydrogen-bond donors (Lipinski definition) is 2. The number of nitrogens with zero attached hydrogens (tertiary/aromatic N) is 1. The monoisotopic (exact) mass is 539 g/mol. The number of amides is 2. The Morgan fingerprint density at radius 1 is 0.973 bits per heavy atom. The van der Waals surface area contributed by atoms with E-state index in [-0.39, 0.29) is 42.6 Å². The van der Waals surface area contributed by atoms with E-state index < -0.39 is 10.0 Å². The highest BCUT2D eigenvalue weighted by Crippen LogP contribution is 2.25. The van der Waals surface area contributed by atoms with Crippen LogP contribution in [0.25, 0.3) is 0 Å². The van der Waals surface area contributed by atoms with Crippen LogP contribution in [0.15, 0.2) is 78.9 Å². The lowest BCUT2D eigenvalue weighted by Gasteiger charge is -2.30. The van der Waals surface area contributed by atoms with Crippen molar-refractivity contribution in [3.8, 4) is 0 Å². The van der Waals surface area contributed by atoms with Crippen LogP contribution in [-0.2, 0) is 20.6 Å². The molecule has 3 aromatic rings. The van der Waals surface area contributed by atoms with Crippen molar-refractivity contribution >= 4 is 39.1 Å². The smallest absolute Gasteiger partial charge is 0.253 e. The van der Waals surface area contributed by atoms with Gasteiger partial charge in [-0.1, -0.05) is 66.2 Å². The molecule has 1 aliphatic heterocycles. The third-order valence-corrected chi connectivity index (χ3v) is 8.62. The van der Waals surface area contributed by atoms with E-state index in [4.69, 9.17) is 11.6 Å². The number of carbonyl (C=O) groups is 2. The highest BCUT2D eigenvalue weighted by molar-refractivity contribution is 7.88. The maximum atomic E-state index is 13.0. The summed E-state index contributed by atoms with van der Waals surface area (Å²) in [5, 5.41) is 6.36. The van der Waals surface area contributed by atoms with Gasteiger partial charge in [-0.15, -0.1) is 0 Å². The summed E-state index contributed by atoms with van der Waals surface area (Å²) in [5.74, 6) is -0.983. The number of hydrogen-bond acceptors (Lipinski definition) is 4. The van der Waals surface area contributed by atoms with Gasteiger partial charge >= 0.3 is 0 Å². The van der Waals surface area contributed by atoms with E-state index in [0.717, 1.165) is 5.56 Å². The Hall–Kier alpha value is -3.20. The Labute approximate surface area is 222 Å². The molecule has 0 saturated carbocycles. The molecular weight excluding hydrogens is 510 g/mol. The van der Waals surface area contributed by atoms with E-state index in [1.54, 1.807) is 48.5 Å². The second-order valence-electron chi connectivity index (χ2n) is 9.20. The van der Waals surface area contributed by atoms with Gasteiger partial charge in [0.2, 0.25) is 15.9 Å². The van der Waals surface area contributed by atoms with Crippen LogP contribution in [0.3, 0.4) is 0 Å². The molecule has 4 rings (SSSR count). The van der Waals surface area contributed by atoms with Crippen LogP contribution in [0.5, 0.6) is 0 Å². The van der Waals surface area contributed by atoms with E-state index in [9.17, 15) is 18.0 Å². The van der Waals surface area contributed by atoms with E-state index in [1.807, 2.05) is 37.3 Å². The third kappa shape index (κ3) is 6.97. The van der Waals surface area contributed by atoms with Gasteiger partial charge in [-0.05, 0) is 55.2 Å². The Morgan fingerprint density at radius 2 is 1.65 bits per heavy atom. The quantitative estimate of drug-likeness (QED) is 0.420. The first-order valence-electron chi connectivity index (χ1n) is 12.2. The van der Waals surface area contributed by atoms with Crippen LogP contribution in [0.1, 0.15) is 47.3 Å². The van der Waals surface area contributed by atoms with Crippen LogP contribution < -0.4 is 10.6 Å². The highest BCUT2D eigenvalue weighted by Gasteiger charge is 2.31. The fourth-order valence-corrected chi connectivity index (χ4v) is 6.21. The number of sulfonamides is 1. The van der Waals surface area contributed by atoms with Gasteiger partial charge in [0.25, 0.3) is 5.91 Å². The molecule has 7 nitrogen and oxygen atoms in total. The molecule has 0 unspecified atom stereocenters. The fourth-order valence-electron chi connectivity index (χ4n) is 4.45. The summed E-state index contributed by atoms with van der Waals surface area (Å²) in [6.45, 7) is 2.43. The molecule has 1 aliphatic rings. The summed E-state index contributed by atoms with van der Waals surface area (Å²) in [4.78, 5) is 26.0. The average Bonchev–Trinajstić information content (AvgIpc) is 2.89. The summed E-state index contributed by atoms with van der Waals surface area (Å²) in [5.41, 5.74) is 2.42. The number of halogens is 1. The van der Waals surface area contributed by atoms with Crippen molar-refractivity contribution in [3.63, 3.8) is 0 Å². The van der Waals surface area contributed by atoms with E-state index in [0.29, 0.717) is 34.7 Å². The van der Waals surface area contributed by atoms with Gasteiger partial charge in [0, 0.05) is 24.0 Å². The summed E-state index contributed by atoms with van der Waals surface area (Å²) in [7, 11) is -3.52. The first kappa shape index (κ1) is 26.9. The lowest BCUT2D eigenvalue weighted by molar-refractivity contribution is -0.120. The summed E-state index contributed by atoms with van der Waals surface area (Å²) in [6, 6.07) is 23.1. The molecule has 1 heterocycles. The van der Waals surface area contributed by atoms with Gasteiger partial charge in [0.05, 0.1) is 23.0 Å². The number of para-hydroxylation sites is 1. The number of anilines is 1. The molecule has 1 fully saturated rings. The molecule has 0 aromatic heterocycles. The molecule has 9 heteroatoms. The SMILES string of the molecule is C[C@@H](NC(=O)c1ccccc1NC(=O)C1CCN(S(=O)(=O)Cc2cccc(Cl)c2)CC1)c1ccccc1. The molecule has 37 heavy (non-hydrogen) atoms. The van der Waals surface area contributed by atoms with Crippen molar-refractivity contribution in [1.29, 1.82) is 0 Å². The van der Waals surface area contributed by atoms with Crippen molar-refractivity contribution in [3.05, 3.63) is 101 Å². The molecule has 2 N–H and O–H groups in total. The summed E-state index contributed by atoms with van der Waals surface area (Å²) >= 11 is 5.99. The molecule has 3 aromatic carbocycles. The van der Waals surface area contributed by atoms with Crippen molar-refractivity contribution in [2.45, 2.75) is 31.6 Å². The molecule has 0 aliphatic carbocycles. The molecule has 1 atom stereocenters. The summed E-state index contributed by atoms with van der Waals surface area (Å²) in [6.07, 6.45) is 0.806. The van der Waals surface area contributed by atoms with Crippen LogP contribution in [-0.4, -0.2) is 37.6 Å². The predicted molar refractivity (Wildman–Crippen MR) is 146 cm³/mol. The predicted octanol–water partition coefficient (Wildman–Crippen LogP) is 5.01. The van der Waals surface area contributed by atoms with E-state index >= 15 is 0 Å². The number of benzene rings is 3. The fraction of sp³-hybridized carbons (Fsp3) is 0.286. The van der Waals surface area contributed by atoms with Crippen LogP contribution in [0, 0.1) is 5.92 Å². The van der Waals surface area contributed by atoms with E-state index in [1.165, 1.54) is 4.31 Å². The number of nitrogens with one attached hydrogen (secondary N) is 2. The van der Waals surface area contributed by atoms with Crippen molar-refractivity contribution in [1.82, 2.24) is 9.62 Å². The first-order chi connectivity index (χ1) is 17.7. The van der Waals surface area contributed by atoms with Gasteiger partial charge in [0.15, 0.2) is 0 Å². The first-order valence-corrected chi connectivity index (χ1v) is 14.2. The zero-order valence-corrected chi connectivity index (χ0v) is 22.1. The minimum atomic E-state index is -3.52. The second-order valence-corrected chi connectivity index (χ2v) is 11.6. The molecule has 194 valence electrons. The Balaban J connectivity index is 1.35. The zero-order chi connectivity index (χ0) is 26.4. The van der Waals surface area contributed by atoms with Gasteiger partial charge in [-0.2, -0.15) is 0 Å². The number of piperidine rings is 1. The number of carbonyl (C=O) groups excluding carboxylic acids is 2. The maximum Gasteiger partial charge on any atom is 0.253 e. The van der Waals surface area contributed by atoms with Crippen LogP contribution in [0.4, 0.5) is 5.69 Å². The van der Waals surface area contributed by atoms with Gasteiger partial charge in [-0.25, -0.2) is 12.7 Å². The highest BCUT2D eigenvalue weighted by atomic mass is 35.5. The lowest BCUT2D eigenvalue weighted by atomic mass is 9.97. The third-order valence-electron chi connectivity index (χ3n) is 6.53. The molecule has 0 bridgehead atoms. The summed E-state index contributed by atoms with van der Waals surface area (Å²) < 4.78 is 27.2. The molecule has 2 amide bonds. The minimum Gasteiger partial charge on any atom is -0.345 e. The van der Waals surface area contributed by atoms with Gasteiger partial charge < -0.3 is 10.6 Å². The Morgan fingerprint density at radius 3 is 2.35 bits per heavy atom.